The monoisotopic (exact) mass is 428 g/mol. The van der Waals surface area contributed by atoms with Crippen LogP contribution in [0.5, 0.6) is 5.75 Å². The number of carbonyl (C=O) groups excluding carboxylic acids is 1. The number of benzene rings is 1. The largest absolute Gasteiger partial charge is 0.496 e. The van der Waals surface area contributed by atoms with Gasteiger partial charge in [0.2, 0.25) is 0 Å². The van der Waals surface area contributed by atoms with E-state index < -0.39 is 5.60 Å². The summed E-state index contributed by atoms with van der Waals surface area (Å²) in [6, 6.07) is 4.04. The lowest BCUT2D eigenvalue weighted by Gasteiger charge is -2.36. The second-order valence-electron chi connectivity index (χ2n) is 9.97. The Balaban J connectivity index is 1.54. The lowest BCUT2D eigenvalue weighted by molar-refractivity contribution is -0.0741. The Morgan fingerprint density at radius 3 is 2.39 bits per heavy atom. The second-order valence-corrected chi connectivity index (χ2v) is 9.97. The number of aryl methyl sites for hydroxylation is 1. The first-order chi connectivity index (χ1) is 14.7. The van der Waals surface area contributed by atoms with Crippen LogP contribution in [0.2, 0.25) is 0 Å². The van der Waals surface area contributed by atoms with Crippen LogP contribution < -0.4 is 4.74 Å². The number of aromatic nitrogens is 1. The van der Waals surface area contributed by atoms with Gasteiger partial charge in [0, 0.05) is 36.8 Å². The minimum absolute atomic E-state index is 0.351. The Bertz CT molecular complexity index is 931. The van der Waals surface area contributed by atoms with Crippen molar-refractivity contribution in [3.63, 3.8) is 0 Å². The van der Waals surface area contributed by atoms with Crippen LogP contribution in [0.1, 0.15) is 64.0 Å². The number of rotatable bonds is 5. The molecule has 1 aromatic carbocycles. The Hall–Kier alpha value is -2.05. The van der Waals surface area contributed by atoms with Gasteiger partial charge in [0.25, 0.3) is 0 Å². The molecule has 31 heavy (non-hydrogen) atoms. The molecule has 2 aromatic rings. The van der Waals surface area contributed by atoms with Crippen molar-refractivity contribution >= 4 is 17.0 Å². The molecule has 0 bridgehead atoms. The van der Waals surface area contributed by atoms with Gasteiger partial charge in [0.05, 0.1) is 24.8 Å². The molecule has 2 heterocycles. The Morgan fingerprint density at radius 1 is 1.13 bits per heavy atom. The van der Waals surface area contributed by atoms with Gasteiger partial charge in [-0.2, -0.15) is 0 Å². The quantitative estimate of drug-likeness (QED) is 0.649. The molecule has 0 radical (unpaired) electrons. The van der Waals surface area contributed by atoms with E-state index in [2.05, 4.69) is 4.90 Å². The number of nitrogens with zero attached hydrogens (tertiary/aromatic N) is 2. The SMILES string of the molecule is COc1cc(C)c2c(ccn2C(=O)OC(C)(C)C)c1CN1CCC(OC2CCC2)CC1. The van der Waals surface area contributed by atoms with E-state index >= 15 is 0 Å². The number of ether oxygens (including phenoxy) is 3. The van der Waals surface area contributed by atoms with E-state index in [-0.39, 0.29) is 6.09 Å². The molecule has 0 unspecified atom stereocenters. The molecule has 4 rings (SSSR count). The molecular weight excluding hydrogens is 392 g/mol. The average molecular weight is 429 g/mol. The number of likely N-dealkylation sites (tertiary alicyclic amines) is 1. The smallest absolute Gasteiger partial charge is 0.419 e. The minimum Gasteiger partial charge on any atom is -0.496 e. The maximum absolute atomic E-state index is 12.8. The minimum atomic E-state index is -0.539. The highest BCUT2D eigenvalue weighted by molar-refractivity contribution is 5.95. The van der Waals surface area contributed by atoms with E-state index in [1.165, 1.54) is 19.3 Å². The fraction of sp³-hybridized carbons (Fsp3) is 0.640. The molecule has 0 spiro atoms. The normalized spacial score (nSPS) is 18.9. The van der Waals surface area contributed by atoms with Gasteiger partial charge in [-0.15, -0.1) is 0 Å². The summed E-state index contributed by atoms with van der Waals surface area (Å²) in [4.78, 5) is 15.3. The maximum Gasteiger partial charge on any atom is 0.419 e. The van der Waals surface area contributed by atoms with Gasteiger partial charge >= 0.3 is 6.09 Å². The highest BCUT2D eigenvalue weighted by Gasteiger charge is 2.27. The van der Waals surface area contributed by atoms with Crippen LogP contribution in [0.3, 0.4) is 0 Å². The summed E-state index contributed by atoms with van der Waals surface area (Å²) >= 11 is 0. The zero-order valence-electron chi connectivity index (χ0n) is 19.6. The van der Waals surface area contributed by atoms with E-state index in [9.17, 15) is 4.79 Å². The third kappa shape index (κ3) is 4.90. The molecule has 6 nitrogen and oxygen atoms in total. The molecular formula is C25H36N2O4. The molecule has 0 N–H and O–H groups in total. The zero-order chi connectivity index (χ0) is 22.2. The maximum atomic E-state index is 12.8. The van der Waals surface area contributed by atoms with Crippen LogP contribution in [0.25, 0.3) is 10.9 Å². The number of methoxy groups -OCH3 is 1. The zero-order valence-corrected chi connectivity index (χ0v) is 19.6. The van der Waals surface area contributed by atoms with Crippen molar-refractivity contribution in [2.75, 3.05) is 20.2 Å². The molecule has 0 atom stereocenters. The predicted molar refractivity (Wildman–Crippen MR) is 122 cm³/mol. The van der Waals surface area contributed by atoms with Crippen LogP contribution in [0, 0.1) is 6.92 Å². The second kappa shape index (κ2) is 8.83. The fourth-order valence-electron chi connectivity index (χ4n) is 4.58. The third-order valence-corrected chi connectivity index (χ3v) is 6.39. The van der Waals surface area contributed by atoms with Gasteiger partial charge in [-0.3, -0.25) is 9.47 Å². The van der Waals surface area contributed by atoms with Crippen molar-refractivity contribution in [3.8, 4) is 5.75 Å². The average Bonchev–Trinajstić information content (AvgIpc) is 3.12. The predicted octanol–water partition coefficient (Wildman–Crippen LogP) is 5.28. The van der Waals surface area contributed by atoms with Crippen molar-refractivity contribution in [1.82, 2.24) is 9.47 Å². The summed E-state index contributed by atoms with van der Waals surface area (Å²) in [5.74, 6) is 0.875. The highest BCUT2D eigenvalue weighted by Crippen LogP contribution is 2.34. The van der Waals surface area contributed by atoms with E-state index in [1.807, 2.05) is 46.0 Å². The molecule has 170 valence electrons. The molecule has 1 aromatic heterocycles. The number of carbonyl (C=O) groups is 1. The Labute approximate surface area is 185 Å². The summed E-state index contributed by atoms with van der Waals surface area (Å²) in [7, 11) is 1.72. The van der Waals surface area contributed by atoms with E-state index in [4.69, 9.17) is 14.2 Å². The Morgan fingerprint density at radius 2 is 1.81 bits per heavy atom. The van der Waals surface area contributed by atoms with Gasteiger partial charge in [-0.25, -0.2) is 4.79 Å². The molecule has 6 heteroatoms. The van der Waals surface area contributed by atoms with Crippen molar-refractivity contribution in [2.45, 2.75) is 84.2 Å². The van der Waals surface area contributed by atoms with Crippen LogP contribution in [0.4, 0.5) is 4.79 Å². The van der Waals surface area contributed by atoms with Crippen molar-refractivity contribution in [2.24, 2.45) is 0 Å². The number of hydrogen-bond donors (Lipinski definition) is 0. The van der Waals surface area contributed by atoms with Crippen molar-refractivity contribution in [1.29, 1.82) is 0 Å². The van der Waals surface area contributed by atoms with E-state index in [0.29, 0.717) is 12.2 Å². The molecule has 1 saturated heterocycles. The standard InChI is InChI=1S/C25H36N2O4/c1-17-15-22(29-5)21(16-26-12-9-19(10-13-26)30-18-7-6-8-18)20-11-14-27(23(17)20)24(28)31-25(2,3)4/h11,14-15,18-19H,6-10,12-13,16H2,1-5H3. The fourth-order valence-corrected chi connectivity index (χ4v) is 4.58. The van der Waals surface area contributed by atoms with Gasteiger partial charge < -0.3 is 14.2 Å². The van der Waals surface area contributed by atoms with Crippen LogP contribution in [-0.4, -0.2) is 53.6 Å². The number of fused-ring (bicyclic) bond motifs is 1. The van der Waals surface area contributed by atoms with Crippen LogP contribution in [0.15, 0.2) is 18.3 Å². The van der Waals surface area contributed by atoms with Gasteiger partial charge in [-0.05, 0) is 77.5 Å². The number of hydrogen-bond acceptors (Lipinski definition) is 5. The first-order valence-corrected chi connectivity index (χ1v) is 11.5. The molecule has 0 amide bonds. The molecule has 2 fully saturated rings. The lowest BCUT2D eigenvalue weighted by Crippen LogP contribution is -2.39. The van der Waals surface area contributed by atoms with Gasteiger partial charge in [-0.1, -0.05) is 0 Å². The van der Waals surface area contributed by atoms with Crippen molar-refractivity contribution in [3.05, 3.63) is 29.5 Å². The summed E-state index contributed by atoms with van der Waals surface area (Å²) in [6.45, 7) is 10.5. The molecule has 2 aliphatic rings. The lowest BCUT2D eigenvalue weighted by atomic mass is 9.95. The summed E-state index contributed by atoms with van der Waals surface area (Å²) < 4.78 is 19.2. The van der Waals surface area contributed by atoms with Gasteiger partial charge in [0.1, 0.15) is 11.4 Å². The van der Waals surface area contributed by atoms with Crippen LogP contribution in [-0.2, 0) is 16.0 Å². The van der Waals surface area contributed by atoms with E-state index in [1.54, 1.807) is 11.7 Å². The Kier molecular flexibility index (Phi) is 6.31. The summed E-state index contributed by atoms with van der Waals surface area (Å²) in [6.07, 6.45) is 8.29. The van der Waals surface area contributed by atoms with Gasteiger partial charge in [0.15, 0.2) is 0 Å². The summed E-state index contributed by atoms with van der Waals surface area (Å²) in [5, 5.41) is 1.05. The first kappa shape index (κ1) is 22.2. The molecule has 1 aliphatic heterocycles. The van der Waals surface area contributed by atoms with Crippen molar-refractivity contribution < 1.29 is 19.0 Å². The molecule has 1 aliphatic carbocycles. The summed E-state index contributed by atoms with van der Waals surface area (Å²) in [5.41, 5.74) is 2.49. The highest BCUT2D eigenvalue weighted by atomic mass is 16.6. The third-order valence-electron chi connectivity index (χ3n) is 6.39. The topological polar surface area (TPSA) is 52.9 Å². The molecule has 1 saturated carbocycles. The first-order valence-electron chi connectivity index (χ1n) is 11.5. The van der Waals surface area contributed by atoms with Crippen LogP contribution >= 0.6 is 0 Å². The number of piperidine rings is 1. The van der Waals surface area contributed by atoms with E-state index in [0.717, 1.165) is 60.3 Å².